The Balaban J connectivity index is 1.65. The van der Waals surface area contributed by atoms with Gasteiger partial charge < -0.3 is 4.74 Å². The molecule has 156 valence electrons. The number of ether oxygens (including phenoxy) is 1. The van der Waals surface area contributed by atoms with Crippen molar-refractivity contribution in [3.8, 4) is 0 Å². The van der Waals surface area contributed by atoms with Gasteiger partial charge in [0.2, 0.25) is 5.13 Å². The topological polar surface area (TPSA) is 72.4 Å². The Bertz CT molecular complexity index is 1070. The van der Waals surface area contributed by atoms with E-state index >= 15 is 0 Å². The standard InChI is InChI=1S/C21H19ClFN3O3S/c1-2-15-24-25-21(30-15)26-17(11-5-3-4-6-13(11)23)16-18(27)12-9-10(22)7-8-14(12)29-19(16)20(26)28/h3-6,10,12,14,17H,2,7-9H2,1H3. The van der Waals surface area contributed by atoms with Gasteiger partial charge in [0.25, 0.3) is 5.91 Å². The number of anilines is 1. The Kier molecular flexibility index (Phi) is 4.86. The van der Waals surface area contributed by atoms with Crippen molar-refractivity contribution in [3.63, 3.8) is 0 Å². The predicted octanol–water partition coefficient (Wildman–Crippen LogP) is 3.96. The molecule has 9 heteroatoms. The van der Waals surface area contributed by atoms with Crippen LogP contribution in [0.2, 0.25) is 0 Å². The second-order valence-corrected chi connectivity index (χ2v) is 9.37. The highest BCUT2D eigenvalue weighted by molar-refractivity contribution is 7.15. The normalized spacial score (nSPS) is 28.4. The fourth-order valence-corrected chi connectivity index (χ4v) is 5.61. The largest absolute Gasteiger partial charge is 0.483 e. The number of aryl methyl sites for hydroxylation is 1. The summed E-state index contributed by atoms with van der Waals surface area (Å²) in [6.07, 6.45) is 2.10. The van der Waals surface area contributed by atoms with Gasteiger partial charge in [0, 0.05) is 10.9 Å². The number of hydrogen-bond donors (Lipinski definition) is 0. The molecule has 4 unspecified atom stereocenters. The molecule has 1 saturated carbocycles. The summed E-state index contributed by atoms with van der Waals surface area (Å²) in [7, 11) is 0. The van der Waals surface area contributed by atoms with E-state index in [1.165, 1.54) is 22.3 Å². The summed E-state index contributed by atoms with van der Waals surface area (Å²) in [5.41, 5.74) is 0.433. The van der Waals surface area contributed by atoms with Crippen LogP contribution in [0.25, 0.3) is 0 Å². The van der Waals surface area contributed by atoms with Gasteiger partial charge in [0.1, 0.15) is 23.0 Å². The maximum atomic E-state index is 14.8. The van der Waals surface area contributed by atoms with Gasteiger partial charge in [-0.15, -0.1) is 21.8 Å². The van der Waals surface area contributed by atoms with E-state index in [2.05, 4.69) is 10.2 Å². The number of fused-ring (bicyclic) bond motifs is 1. The lowest BCUT2D eigenvalue weighted by Crippen LogP contribution is -2.41. The van der Waals surface area contributed by atoms with Gasteiger partial charge in [-0.25, -0.2) is 4.39 Å². The minimum Gasteiger partial charge on any atom is -0.483 e. The van der Waals surface area contributed by atoms with E-state index in [4.69, 9.17) is 16.3 Å². The Morgan fingerprint density at radius 1 is 1.27 bits per heavy atom. The number of carbonyl (C=O) groups excluding carboxylic acids is 2. The molecule has 0 N–H and O–H groups in total. The molecule has 1 amide bonds. The first kappa shape index (κ1) is 19.6. The van der Waals surface area contributed by atoms with Crippen molar-refractivity contribution in [2.45, 2.75) is 50.1 Å². The number of carbonyl (C=O) groups is 2. The number of amides is 1. The predicted molar refractivity (Wildman–Crippen MR) is 110 cm³/mol. The zero-order chi connectivity index (χ0) is 21.0. The van der Waals surface area contributed by atoms with E-state index in [0.717, 1.165) is 11.4 Å². The van der Waals surface area contributed by atoms with Crippen LogP contribution in [0.3, 0.4) is 0 Å². The van der Waals surface area contributed by atoms with E-state index < -0.39 is 23.7 Å². The van der Waals surface area contributed by atoms with Crippen LogP contribution in [0, 0.1) is 11.7 Å². The van der Waals surface area contributed by atoms with Gasteiger partial charge in [0.05, 0.1) is 11.5 Å². The van der Waals surface area contributed by atoms with E-state index in [0.29, 0.717) is 24.4 Å². The molecule has 2 aliphatic heterocycles. The van der Waals surface area contributed by atoms with Gasteiger partial charge in [-0.05, 0) is 31.7 Å². The maximum Gasteiger partial charge on any atom is 0.296 e. The van der Waals surface area contributed by atoms with E-state index in [-0.39, 0.29) is 34.2 Å². The minimum absolute atomic E-state index is 0.00998. The van der Waals surface area contributed by atoms with Crippen LogP contribution in [-0.2, 0) is 20.7 Å². The van der Waals surface area contributed by atoms with Crippen LogP contribution >= 0.6 is 22.9 Å². The van der Waals surface area contributed by atoms with Crippen molar-refractivity contribution in [2.75, 3.05) is 4.90 Å². The summed E-state index contributed by atoms with van der Waals surface area (Å²) in [4.78, 5) is 28.3. The molecular formula is C21H19ClFN3O3S. The van der Waals surface area contributed by atoms with Crippen molar-refractivity contribution in [2.24, 2.45) is 5.92 Å². The number of halogens is 2. The molecule has 0 saturated heterocycles. The first-order valence-electron chi connectivity index (χ1n) is 9.99. The highest BCUT2D eigenvalue weighted by atomic mass is 35.5. The van der Waals surface area contributed by atoms with Gasteiger partial charge >= 0.3 is 0 Å². The lowest BCUT2D eigenvalue weighted by Gasteiger charge is -2.37. The molecule has 1 fully saturated rings. The van der Waals surface area contributed by atoms with Crippen LogP contribution < -0.4 is 4.90 Å². The number of benzene rings is 1. The van der Waals surface area contributed by atoms with Gasteiger partial charge in [-0.3, -0.25) is 14.5 Å². The second-order valence-electron chi connectivity index (χ2n) is 7.71. The van der Waals surface area contributed by atoms with Crippen LogP contribution in [0.1, 0.15) is 42.8 Å². The number of alkyl halides is 1. The van der Waals surface area contributed by atoms with Gasteiger partial charge in [-0.2, -0.15) is 0 Å². The van der Waals surface area contributed by atoms with Crippen molar-refractivity contribution in [3.05, 3.63) is 52.0 Å². The molecule has 1 aromatic carbocycles. The highest BCUT2D eigenvalue weighted by Crippen LogP contribution is 2.49. The third-order valence-electron chi connectivity index (χ3n) is 5.95. The Morgan fingerprint density at radius 3 is 2.80 bits per heavy atom. The number of rotatable bonds is 3. The number of aromatic nitrogens is 2. The monoisotopic (exact) mass is 447 g/mol. The number of hydrogen-bond acceptors (Lipinski definition) is 6. The summed E-state index contributed by atoms with van der Waals surface area (Å²) in [6.45, 7) is 1.94. The number of ketones is 1. The molecule has 3 aliphatic rings. The summed E-state index contributed by atoms with van der Waals surface area (Å²) in [5, 5.41) is 9.21. The number of nitrogens with zero attached hydrogens (tertiary/aromatic N) is 3. The SMILES string of the molecule is CCc1nnc(N2C(=O)C3=C(C(=O)C4CC(Cl)CCC4O3)C2c2ccccc2F)s1. The highest BCUT2D eigenvalue weighted by Gasteiger charge is 2.54. The molecule has 0 spiro atoms. The van der Waals surface area contributed by atoms with Crippen molar-refractivity contribution >= 4 is 39.8 Å². The van der Waals surface area contributed by atoms with Crippen molar-refractivity contribution < 1.29 is 18.7 Å². The third kappa shape index (κ3) is 2.96. The molecule has 5 rings (SSSR count). The summed E-state index contributed by atoms with van der Waals surface area (Å²) < 4.78 is 20.9. The molecule has 0 radical (unpaired) electrons. The summed E-state index contributed by atoms with van der Waals surface area (Å²) in [5.74, 6) is -1.57. The molecule has 4 atom stereocenters. The van der Waals surface area contributed by atoms with Crippen LogP contribution in [0.5, 0.6) is 0 Å². The van der Waals surface area contributed by atoms with E-state index in [9.17, 15) is 14.0 Å². The molecular weight excluding hydrogens is 429 g/mol. The molecule has 2 aromatic rings. The first-order valence-corrected chi connectivity index (χ1v) is 11.2. The lowest BCUT2D eigenvalue weighted by molar-refractivity contribution is -0.131. The zero-order valence-electron chi connectivity index (χ0n) is 16.2. The maximum absolute atomic E-state index is 14.8. The van der Waals surface area contributed by atoms with E-state index in [1.807, 2.05) is 6.92 Å². The average Bonchev–Trinajstić information content (AvgIpc) is 3.32. The smallest absolute Gasteiger partial charge is 0.296 e. The molecule has 1 aliphatic carbocycles. The third-order valence-corrected chi connectivity index (χ3v) is 7.41. The molecule has 0 bridgehead atoms. The van der Waals surface area contributed by atoms with Gasteiger partial charge in [-0.1, -0.05) is 36.5 Å². The Morgan fingerprint density at radius 2 is 2.07 bits per heavy atom. The summed E-state index contributed by atoms with van der Waals surface area (Å²) >= 11 is 7.57. The Labute approximate surface area is 181 Å². The molecule has 30 heavy (non-hydrogen) atoms. The molecule has 3 heterocycles. The molecule has 6 nitrogen and oxygen atoms in total. The van der Waals surface area contributed by atoms with E-state index in [1.54, 1.807) is 18.2 Å². The quantitative estimate of drug-likeness (QED) is 0.666. The zero-order valence-corrected chi connectivity index (χ0v) is 17.8. The number of Topliss-reactive ketones (excluding diaryl/α,β-unsaturated/α-hetero) is 1. The second kappa shape index (κ2) is 7.42. The Hall–Kier alpha value is -2.32. The first-order chi connectivity index (χ1) is 14.5. The lowest BCUT2D eigenvalue weighted by atomic mass is 9.77. The van der Waals surface area contributed by atoms with Crippen LogP contribution in [0.15, 0.2) is 35.6 Å². The molecule has 1 aromatic heterocycles. The van der Waals surface area contributed by atoms with Crippen LogP contribution in [-0.4, -0.2) is 33.4 Å². The average molecular weight is 448 g/mol. The van der Waals surface area contributed by atoms with Crippen molar-refractivity contribution in [1.29, 1.82) is 0 Å². The van der Waals surface area contributed by atoms with Crippen LogP contribution in [0.4, 0.5) is 9.52 Å². The summed E-state index contributed by atoms with van der Waals surface area (Å²) in [6, 6.07) is 5.23. The van der Waals surface area contributed by atoms with Crippen molar-refractivity contribution in [1.82, 2.24) is 10.2 Å². The fraction of sp³-hybridized carbons (Fsp3) is 0.429. The minimum atomic E-state index is -0.935. The fourth-order valence-electron chi connectivity index (χ4n) is 4.49. The van der Waals surface area contributed by atoms with Gasteiger partial charge in [0.15, 0.2) is 11.5 Å².